The fourth-order valence-electron chi connectivity index (χ4n) is 2.89. The number of pyridine rings is 1. The monoisotopic (exact) mass is 529 g/mol. The smallest absolute Gasteiger partial charge is 0.219 e. The Labute approximate surface area is 194 Å². The van der Waals surface area contributed by atoms with E-state index in [0.29, 0.717) is 18.2 Å². The summed E-state index contributed by atoms with van der Waals surface area (Å²) in [6, 6.07) is 9.65. The second-order valence-electron chi connectivity index (χ2n) is 6.64. The van der Waals surface area contributed by atoms with E-state index in [1.165, 1.54) is 12.1 Å². The van der Waals surface area contributed by atoms with Crippen molar-refractivity contribution in [2.75, 3.05) is 45.9 Å². The molecule has 0 radical (unpaired) electrons. The summed E-state index contributed by atoms with van der Waals surface area (Å²) in [5.74, 6) is 1.27. The van der Waals surface area contributed by atoms with Gasteiger partial charge in [0.2, 0.25) is 5.88 Å². The zero-order valence-electron chi connectivity index (χ0n) is 17.1. The van der Waals surface area contributed by atoms with Crippen LogP contribution in [-0.4, -0.2) is 61.8 Å². The van der Waals surface area contributed by atoms with Crippen LogP contribution in [0.15, 0.2) is 47.6 Å². The van der Waals surface area contributed by atoms with Crippen LogP contribution >= 0.6 is 24.0 Å². The van der Waals surface area contributed by atoms with Gasteiger partial charge in [-0.15, -0.1) is 24.0 Å². The van der Waals surface area contributed by atoms with Crippen molar-refractivity contribution in [1.29, 1.82) is 0 Å². The molecule has 1 aliphatic rings. The molecule has 0 unspecified atom stereocenters. The lowest BCUT2D eigenvalue weighted by Crippen LogP contribution is -2.44. The van der Waals surface area contributed by atoms with Crippen molar-refractivity contribution >= 4 is 29.9 Å². The van der Waals surface area contributed by atoms with Crippen LogP contribution in [0.5, 0.6) is 11.6 Å². The Balaban J connectivity index is 0.00000320. The Morgan fingerprint density at radius 2 is 2.07 bits per heavy atom. The number of benzene rings is 1. The van der Waals surface area contributed by atoms with Gasteiger partial charge in [-0.25, -0.2) is 14.4 Å². The lowest BCUT2D eigenvalue weighted by atomic mass is 10.3. The highest BCUT2D eigenvalue weighted by atomic mass is 127. The average molecular weight is 529 g/mol. The topological polar surface area (TPSA) is 71.0 Å². The summed E-state index contributed by atoms with van der Waals surface area (Å²) in [5.41, 5.74) is 0.960. The Hall–Kier alpha value is -1.98. The largest absolute Gasteiger partial charge is 0.439 e. The first kappa shape index (κ1) is 24.3. The maximum Gasteiger partial charge on any atom is 0.219 e. The van der Waals surface area contributed by atoms with Crippen LogP contribution in [0.2, 0.25) is 0 Å². The fraction of sp³-hybridized carbons (Fsp3) is 0.429. The molecule has 1 aromatic carbocycles. The molecule has 3 rings (SSSR count). The van der Waals surface area contributed by atoms with Gasteiger partial charge in [-0.2, -0.15) is 0 Å². The van der Waals surface area contributed by atoms with Crippen LogP contribution in [0.4, 0.5) is 4.39 Å². The van der Waals surface area contributed by atoms with Crippen LogP contribution < -0.4 is 15.4 Å². The number of ether oxygens (including phenoxy) is 2. The fourth-order valence-corrected chi connectivity index (χ4v) is 2.89. The molecule has 9 heteroatoms. The highest BCUT2D eigenvalue weighted by Gasteiger charge is 2.09. The summed E-state index contributed by atoms with van der Waals surface area (Å²) in [7, 11) is 0. The van der Waals surface area contributed by atoms with Crippen LogP contribution in [-0.2, 0) is 11.3 Å². The molecule has 1 saturated heterocycles. The molecule has 1 fully saturated rings. The Bertz CT molecular complexity index is 785. The van der Waals surface area contributed by atoms with Crippen molar-refractivity contribution in [3.63, 3.8) is 0 Å². The standard InChI is InChI=1S/C21H28FN5O2.HI/c1-2-23-21(24-8-9-27-10-12-28-13-11-27)26-16-17-6-7-20(25-15-17)29-19-5-3-4-18(22)14-19;/h3-7,14-15H,2,8-13,16H2,1H3,(H2,23,24,26);1H. The molecule has 0 saturated carbocycles. The van der Waals surface area contributed by atoms with Crippen LogP contribution in [0, 0.1) is 5.82 Å². The number of nitrogens with zero attached hydrogens (tertiary/aromatic N) is 3. The number of guanidine groups is 1. The molecular weight excluding hydrogens is 500 g/mol. The number of rotatable bonds is 8. The predicted molar refractivity (Wildman–Crippen MR) is 126 cm³/mol. The number of nitrogens with one attached hydrogen (secondary N) is 2. The second-order valence-corrected chi connectivity index (χ2v) is 6.64. The molecule has 0 amide bonds. The van der Waals surface area contributed by atoms with Crippen molar-refractivity contribution < 1.29 is 13.9 Å². The maximum absolute atomic E-state index is 13.2. The molecule has 0 atom stereocenters. The molecule has 0 aliphatic carbocycles. The van der Waals surface area contributed by atoms with Crippen molar-refractivity contribution in [2.45, 2.75) is 13.5 Å². The first-order chi connectivity index (χ1) is 14.2. The molecule has 2 aromatic rings. The van der Waals surface area contributed by atoms with Gasteiger partial charge in [-0.3, -0.25) is 4.90 Å². The lowest BCUT2D eigenvalue weighted by molar-refractivity contribution is 0.0389. The quantitative estimate of drug-likeness (QED) is 0.312. The van der Waals surface area contributed by atoms with E-state index >= 15 is 0 Å². The van der Waals surface area contributed by atoms with Gasteiger partial charge in [0.1, 0.15) is 11.6 Å². The number of hydrogen-bond acceptors (Lipinski definition) is 5. The molecule has 1 aromatic heterocycles. The highest BCUT2D eigenvalue weighted by Crippen LogP contribution is 2.20. The normalized spacial score (nSPS) is 14.7. The predicted octanol–water partition coefficient (Wildman–Crippen LogP) is 3.02. The molecule has 30 heavy (non-hydrogen) atoms. The van der Waals surface area contributed by atoms with E-state index in [1.807, 2.05) is 13.0 Å². The Morgan fingerprint density at radius 3 is 2.77 bits per heavy atom. The minimum atomic E-state index is -0.342. The molecule has 2 N–H and O–H groups in total. The van der Waals surface area contributed by atoms with Gasteiger partial charge in [0.25, 0.3) is 0 Å². The molecule has 2 heterocycles. The first-order valence-corrected chi connectivity index (χ1v) is 9.93. The summed E-state index contributed by atoms with van der Waals surface area (Å²) >= 11 is 0. The zero-order chi connectivity index (χ0) is 20.3. The van der Waals surface area contributed by atoms with E-state index in [2.05, 4.69) is 25.5 Å². The van der Waals surface area contributed by atoms with Gasteiger partial charge in [-0.05, 0) is 24.6 Å². The third-order valence-electron chi connectivity index (χ3n) is 4.40. The minimum Gasteiger partial charge on any atom is -0.439 e. The lowest BCUT2D eigenvalue weighted by Gasteiger charge is -2.26. The van der Waals surface area contributed by atoms with E-state index in [9.17, 15) is 4.39 Å². The summed E-state index contributed by atoms with van der Waals surface area (Å²) in [4.78, 5) is 11.3. The van der Waals surface area contributed by atoms with E-state index < -0.39 is 0 Å². The van der Waals surface area contributed by atoms with Crippen molar-refractivity contribution in [3.05, 3.63) is 54.0 Å². The van der Waals surface area contributed by atoms with E-state index in [4.69, 9.17) is 9.47 Å². The zero-order valence-corrected chi connectivity index (χ0v) is 19.5. The van der Waals surface area contributed by atoms with E-state index in [-0.39, 0.29) is 29.8 Å². The molecule has 164 valence electrons. The summed E-state index contributed by atoms with van der Waals surface area (Å²) in [5, 5.41) is 6.62. The Morgan fingerprint density at radius 1 is 1.23 bits per heavy atom. The molecule has 7 nitrogen and oxygen atoms in total. The minimum absolute atomic E-state index is 0. The van der Waals surface area contributed by atoms with Crippen molar-refractivity contribution in [2.24, 2.45) is 4.99 Å². The second kappa shape index (κ2) is 13.3. The number of hydrogen-bond donors (Lipinski definition) is 2. The van der Waals surface area contributed by atoms with Crippen LogP contribution in [0.3, 0.4) is 0 Å². The number of halogens is 2. The molecular formula is C21H29FIN5O2. The molecule has 1 aliphatic heterocycles. The van der Waals surface area contributed by atoms with Gasteiger partial charge in [0.15, 0.2) is 5.96 Å². The van der Waals surface area contributed by atoms with Crippen molar-refractivity contribution in [1.82, 2.24) is 20.5 Å². The summed E-state index contributed by atoms with van der Waals surface area (Å²) in [6.07, 6.45) is 1.72. The number of aromatic nitrogens is 1. The third kappa shape index (κ3) is 8.41. The summed E-state index contributed by atoms with van der Waals surface area (Å²) in [6.45, 7) is 8.68. The average Bonchev–Trinajstić information content (AvgIpc) is 2.74. The first-order valence-electron chi connectivity index (χ1n) is 9.93. The van der Waals surface area contributed by atoms with Gasteiger partial charge < -0.3 is 20.1 Å². The van der Waals surface area contributed by atoms with E-state index in [1.54, 1.807) is 24.4 Å². The van der Waals surface area contributed by atoms with Gasteiger partial charge in [0, 0.05) is 51.1 Å². The SMILES string of the molecule is CCNC(=NCc1ccc(Oc2cccc(F)c2)nc1)NCCN1CCOCC1.I. The van der Waals surface area contributed by atoms with Crippen molar-refractivity contribution in [3.8, 4) is 11.6 Å². The number of morpholine rings is 1. The van der Waals surface area contributed by atoms with Crippen LogP contribution in [0.1, 0.15) is 12.5 Å². The maximum atomic E-state index is 13.2. The third-order valence-corrected chi connectivity index (χ3v) is 4.40. The van der Waals surface area contributed by atoms with Gasteiger partial charge >= 0.3 is 0 Å². The molecule has 0 bridgehead atoms. The van der Waals surface area contributed by atoms with E-state index in [0.717, 1.165) is 57.5 Å². The van der Waals surface area contributed by atoms with Crippen LogP contribution in [0.25, 0.3) is 0 Å². The highest BCUT2D eigenvalue weighted by molar-refractivity contribution is 14.0. The number of aliphatic imine (C=N–C) groups is 1. The molecule has 0 spiro atoms. The Kier molecular flexibility index (Phi) is 10.8. The van der Waals surface area contributed by atoms with Gasteiger partial charge in [0.05, 0.1) is 19.8 Å². The summed E-state index contributed by atoms with van der Waals surface area (Å²) < 4.78 is 24.2. The van der Waals surface area contributed by atoms with Gasteiger partial charge in [-0.1, -0.05) is 12.1 Å².